The van der Waals surface area contributed by atoms with Gasteiger partial charge in [-0.25, -0.2) is 8.42 Å². The maximum atomic E-state index is 11.4. The zero-order valence-corrected chi connectivity index (χ0v) is 12.3. The van der Waals surface area contributed by atoms with Gasteiger partial charge in [0.1, 0.15) is 6.61 Å². The van der Waals surface area contributed by atoms with Crippen LogP contribution in [0, 0.1) is 5.92 Å². The first-order chi connectivity index (χ1) is 6.99. The van der Waals surface area contributed by atoms with Gasteiger partial charge in [-0.15, -0.1) is 0 Å². The SMILES string of the molecule is O=C(OCCS(=O)(=O)[O-])C1CCCCC1.[Na+]. The molecule has 0 aromatic rings. The minimum Gasteiger partial charge on any atom is -0.748 e. The molecule has 0 atom stereocenters. The van der Waals surface area contributed by atoms with E-state index < -0.39 is 15.9 Å². The monoisotopic (exact) mass is 258 g/mol. The van der Waals surface area contributed by atoms with Crippen LogP contribution >= 0.6 is 0 Å². The van der Waals surface area contributed by atoms with Crippen LogP contribution in [0.15, 0.2) is 0 Å². The second kappa shape index (κ2) is 7.66. The molecule has 0 bridgehead atoms. The molecule has 1 aliphatic rings. The summed E-state index contributed by atoms with van der Waals surface area (Å²) in [4.78, 5) is 11.4. The molecule has 0 amide bonds. The Morgan fingerprint density at radius 1 is 1.25 bits per heavy atom. The summed E-state index contributed by atoms with van der Waals surface area (Å²) in [5, 5.41) is 0. The Labute approximate surface area is 118 Å². The average molecular weight is 258 g/mol. The van der Waals surface area contributed by atoms with Gasteiger partial charge in [0.25, 0.3) is 0 Å². The maximum Gasteiger partial charge on any atom is 1.00 e. The third-order valence-corrected chi connectivity index (χ3v) is 3.18. The van der Waals surface area contributed by atoms with E-state index in [0.29, 0.717) is 0 Å². The first-order valence-corrected chi connectivity index (χ1v) is 6.67. The zero-order chi connectivity index (χ0) is 11.3. The van der Waals surface area contributed by atoms with Crippen LogP contribution in [-0.2, 0) is 19.6 Å². The van der Waals surface area contributed by atoms with Crippen LogP contribution in [0.5, 0.6) is 0 Å². The van der Waals surface area contributed by atoms with Crippen molar-refractivity contribution >= 4 is 16.1 Å². The molecule has 0 radical (unpaired) electrons. The Bertz CT molecular complexity index is 308. The van der Waals surface area contributed by atoms with E-state index in [2.05, 4.69) is 0 Å². The quantitative estimate of drug-likeness (QED) is 0.320. The van der Waals surface area contributed by atoms with Crippen molar-refractivity contribution in [1.82, 2.24) is 0 Å². The first-order valence-electron chi connectivity index (χ1n) is 5.09. The minimum atomic E-state index is -4.28. The van der Waals surface area contributed by atoms with Crippen molar-refractivity contribution in [1.29, 1.82) is 0 Å². The molecule has 0 saturated heterocycles. The van der Waals surface area contributed by atoms with Gasteiger partial charge in [-0.3, -0.25) is 4.79 Å². The molecule has 1 rings (SSSR count). The van der Waals surface area contributed by atoms with Crippen LogP contribution in [-0.4, -0.2) is 31.3 Å². The van der Waals surface area contributed by atoms with Crippen molar-refractivity contribution in [2.75, 3.05) is 12.4 Å². The van der Waals surface area contributed by atoms with Crippen LogP contribution in [0.3, 0.4) is 0 Å². The van der Waals surface area contributed by atoms with Gasteiger partial charge < -0.3 is 9.29 Å². The summed E-state index contributed by atoms with van der Waals surface area (Å²) in [6, 6.07) is 0. The molecule has 7 heteroatoms. The Kier molecular flexibility index (Phi) is 7.84. The van der Waals surface area contributed by atoms with Crippen molar-refractivity contribution in [3.05, 3.63) is 0 Å². The Morgan fingerprint density at radius 3 is 2.31 bits per heavy atom. The van der Waals surface area contributed by atoms with E-state index in [9.17, 15) is 17.8 Å². The normalized spacial score (nSPS) is 17.6. The number of carbonyl (C=O) groups excluding carboxylic acids is 1. The third-order valence-electron chi connectivity index (χ3n) is 2.52. The van der Waals surface area contributed by atoms with Crippen LogP contribution in [0.25, 0.3) is 0 Å². The van der Waals surface area contributed by atoms with Gasteiger partial charge in [-0.05, 0) is 12.8 Å². The standard InChI is InChI=1S/C9H16O5S.Na/c10-9(8-4-2-1-3-5-8)14-6-7-15(11,12)13;/h8H,1-7H2,(H,11,12,13);/q;+1/p-1. The molecule has 0 aromatic carbocycles. The van der Waals surface area contributed by atoms with E-state index in [1.54, 1.807) is 0 Å². The molecule has 1 aliphatic carbocycles. The van der Waals surface area contributed by atoms with Crippen LogP contribution in [0.4, 0.5) is 0 Å². The summed E-state index contributed by atoms with van der Waals surface area (Å²) in [5.41, 5.74) is 0. The van der Waals surface area contributed by atoms with Crippen molar-refractivity contribution in [3.8, 4) is 0 Å². The molecular weight excluding hydrogens is 243 g/mol. The van der Waals surface area contributed by atoms with Crippen LogP contribution in [0.1, 0.15) is 32.1 Å². The summed E-state index contributed by atoms with van der Waals surface area (Å²) in [6.45, 7) is -0.318. The van der Waals surface area contributed by atoms with Crippen LogP contribution in [0.2, 0.25) is 0 Å². The van der Waals surface area contributed by atoms with Gasteiger partial charge in [0, 0.05) is 0 Å². The summed E-state index contributed by atoms with van der Waals surface area (Å²) in [7, 11) is -4.28. The van der Waals surface area contributed by atoms with Crippen molar-refractivity contribution in [2.45, 2.75) is 32.1 Å². The molecule has 0 N–H and O–H groups in total. The number of ether oxygens (including phenoxy) is 1. The van der Waals surface area contributed by atoms with Gasteiger partial charge in [0.15, 0.2) is 0 Å². The molecule has 16 heavy (non-hydrogen) atoms. The van der Waals surface area contributed by atoms with Crippen LogP contribution < -0.4 is 29.6 Å². The van der Waals surface area contributed by atoms with E-state index >= 15 is 0 Å². The second-order valence-electron chi connectivity index (χ2n) is 3.76. The average Bonchev–Trinajstić information content (AvgIpc) is 2.17. The predicted octanol–water partition coefficient (Wildman–Crippen LogP) is -2.34. The fraction of sp³-hybridized carbons (Fsp3) is 0.889. The van der Waals surface area contributed by atoms with Gasteiger partial charge in [-0.1, -0.05) is 19.3 Å². The summed E-state index contributed by atoms with van der Waals surface area (Å²) >= 11 is 0. The van der Waals surface area contributed by atoms with Gasteiger partial charge >= 0.3 is 35.5 Å². The molecule has 5 nitrogen and oxygen atoms in total. The second-order valence-corrected chi connectivity index (χ2v) is 5.29. The van der Waals surface area contributed by atoms with Crippen molar-refractivity contribution in [2.24, 2.45) is 5.92 Å². The number of rotatable bonds is 4. The fourth-order valence-corrected chi connectivity index (χ4v) is 1.99. The van der Waals surface area contributed by atoms with Crippen molar-refractivity contribution < 1.29 is 52.1 Å². The van der Waals surface area contributed by atoms with Gasteiger partial charge in [0.05, 0.1) is 21.8 Å². The molecule has 0 heterocycles. The van der Waals surface area contributed by atoms with E-state index in [4.69, 9.17) is 4.74 Å². The van der Waals surface area contributed by atoms with Gasteiger partial charge in [-0.2, -0.15) is 0 Å². The topological polar surface area (TPSA) is 83.5 Å². The van der Waals surface area contributed by atoms with E-state index in [0.717, 1.165) is 32.1 Å². The molecule has 0 unspecified atom stereocenters. The molecule has 1 fully saturated rings. The molecule has 1 saturated carbocycles. The van der Waals surface area contributed by atoms with Crippen molar-refractivity contribution in [3.63, 3.8) is 0 Å². The van der Waals surface area contributed by atoms with E-state index in [-0.39, 0.29) is 48.1 Å². The number of hydrogen-bond acceptors (Lipinski definition) is 5. The third kappa shape index (κ3) is 6.85. The number of carbonyl (C=O) groups is 1. The summed E-state index contributed by atoms with van der Waals surface area (Å²) in [5.74, 6) is -1.10. The Hall–Kier alpha value is 0.380. The summed E-state index contributed by atoms with van der Waals surface area (Å²) in [6.07, 6.45) is 4.78. The minimum absolute atomic E-state index is 0. The smallest absolute Gasteiger partial charge is 0.748 e. The van der Waals surface area contributed by atoms with Gasteiger partial charge in [0.2, 0.25) is 0 Å². The molecule has 0 aliphatic heterocycles. The Morgan fingerprint density at radius 2 is 1.81 bits per heavy atom. The zero-order valence-electron chi connectivity index (χ0n) is 9.48. The number of esters is 1. The Balaban J connectivity index is 0.00000225. The molecule has 0 aromatic heterocycles. The molecule has 88 valence electrons. The van der Waals surface area contributed by atoms with E-state index in [1.807, 2.05) is 0 Å². The summed E-state index contributed by atoms with van der Waals surface area (Å²) < 4.78 is 35.5. The molecular formula is C9H15NaO5S. The predicted molar refractivity (Wildman–Crippen MR) is 52.1 cm³/mol. The molecule has 0 spiro atoms. The maximum absolute atomic E-state index is 11.4. The fourth-order valence-electron chi connectivity index (χ4n) is 1.70. The number of hydrogen-bond donors (Lipinski definition) is 0. The first kappa shape index (κ1) is 16.4. The van der Waals surface area contributed by atoms with E-state index in [1.165, 1.54) is 0 Å². The largest absolute Gasteiger partial charge is 1.00 e.